The summed E-state index contributed by atoms with van der Waals surface area (Å²) in [5.74, 6) is -1.25. The summed E-state index contributed by atoms with van der Waals surface area (Å²) < 4.78 is 50.3. The second-order valence-electron chi connectivity index (χ2n) is 3.84. The van der Waals surface area contributed by atoms with Crippen LogP contribution in [-0.2, 0) is 6.18 Å². The minimum Gasteiger partial charge on any atom is -0.313 e. The summed E-state index contributed by atoms with van der Waals surface area (Å²) in [4.78, 5) is 0. The van der Waals surface area contributed by atoms with Gasteiger partial charge < -0.3 is 5.32 Å². The van der Waals surface area contributed by atoms with Crippen molar-refractivity contribution in [2.45, 2.75) is 19.5 Å². The van der Waals surface area contributed by atoms with Crippen molar-refractivity contribution in [3.05, 3.63) is 41.2 Å². The van der Waals surface area contributed by atoms with Crippen LogP contribution in [0.15, 0.2) is 24.3 Å². The van der Waals surface area contributed by atoms with Gasteiger partial charge in [0, 0.05) is 6.54 Å². The SMILES string of the molecule is CCCNC/C=C/c1ccc(F)c(C(F)(F)F)c1. The quantitative estimate of drug-likeness (QED) is 0.627. The highest BCUT2D eigenvalue weighted by Gasteiger charge is 2.33. The summed E-state index contributed by atoms with van der Waals surface area (Å²) in [5.41, 5.74) is -0.895. The third kappa shape index (κ3) is 4.49. The lowest BCUT2D eigenvalue weighted by Gasteiger charge is -2.08. The summed E-state index contributed by atoms with van der Waals surface area (Å²) >= 11 is 0. The molecular formula is C13H15F4N. The topological polar surface area (TPSA) is 12.0 Å². The standard InChI is InChI=1S/C13H15F4N/c1-2-7-18-8-3-4-10-5-6-12(14)11(9-10)13(15,16)17/h3-6,9,18H,2,7-8H2,1H3/b4-3+. The minimum absolute atomic E-state index is 0.335. The molecule has 0 unspecified atom stereocenters. The van der Waals surface area contributed by atoms with Gasteiger partial charge >= 0.3 is 6.18 Å². The van der Waals surface area contributed by atoms with Crippen LogP contribution in [0.25, 0.3) is 6.08 Å². The molecular weight excluding hydrogens is 246 g/mol. The Balaban J connectivity index is 2.73. The molecule has 0 saturated carbocycles. The first-order valence-corrected chi connectivity index (χ1v) is 5.69. The van der Waals surface area contributed by atoms with Crippen LogP contribution in [0.1, 0.15) is 24.5 Å². The van der Waals surface area contributed by atoms with Crippen molar-refractivity contribution in [2.75, 3.05) is 13.1 Å². The van der Waals surface area contributed by atoms with Gasteiger partial charge in [0.1, 0.15) is 5.82 Å². The number of benzene rings is 1. The monoisotopic (exact) mass is 261 g/mol. The molecule has 18 heavy (non-hydrogen) atoms. The van der Waals surface area contributed by atoms with Crippen molar-refractivity contribution < 1.29 is 17.6 Å². The minimum atomic E-state index is -4.66. The second kappa shape index (κ2) is 6.54. The number of hydrogen-bond donors (Lipinski definition) is 1. The Kier molecular flexibility index (Phi) is 5.34. The third-order valence-electron chi connectivity index (χ3n) is 2.30. The average molecular weight is 261 g/mol. The van der Waals surface area contributed by atoms with Crippen molar-refractivity contribution in [2.24, 2.45) is 0 Å². The van der Waals surface area contributed by atoms with E-state index in [2.05, 4.69) is 5.32 Å². The van der Waals surface area contributed by atoms with Crippen LogP contribution in [0.3, 0.4) is 0 Å². The van der Waals surface area contributed by atoms with Gasteiger partial charge in [0.25, 0.3) is 0 Å². The molecule has 0 aliphatic carbocycles. The van der Waals surface area contributed by atoms with Gasteiger partial charge in [0.15, 0.2) is 0 Å². The number of nitrogens with one attached hydrogen (secondary N) is 1. The predicted octanol–water partition coefficient (Wildman–Crippen LogP) is 3.86. The zero-order valence-electron chi connectivity index (χ0n) is 10.0. The lowest BCUT2D eigenvalue weighted by atomic mass is 10.1. The molecule has 1 aromatic rings. The smallest absolute Gasteiger partial charge is 0.313 e. The van der Waals surface area contributed by atoms with E-state index in [1.165, 1.54) is 12.1 Å². The van der Waals surface area contributed by atoms with Gasteiger partial charge in [0.05, 0.1) is 5.56 Å². The Morgan fingerprint density at radius 3 is 2.61 bits per heavy atom. The molecule has 5 heteroatoms. The molecule has 0 heterocycles. The average Bonchev–Trinajstić information content (AvgIpc) is 2.29. The Morgan fingerprint density at radius 2 is 2.00 bits per heavy atom. The molecule has 100 valence electrons. The highest BCUT2D eigenvalue weighted by Crippen LogP contribution is 2.32. The van der Waals surface area contributed by atoms with E-state index in [1.54, 1.807) is 6.08 Å². The van der Waals surface area contributed by atoms with Crippen molar-refractivity contribution in [3.8, 4) is 0 Å². The highest BCUT2D eigenvalue weighted by atomic mass is 19.4. The Labute approximate surface area is 104 Å². The second-order valence-corrected chi connectivity index (χ2v) is 3.84. The molecule has 1 aromatic carbocycles. The summed E-state index contributed by atoms with van der Waals surface area (Å²) in [6.07, 6.45) is -0.419. The van der Waals surface area contributed by atoms with Crippen molar-refractivity contribution in [1.29, 1.82) is 0 Å². The predicted molar refractivity (Wildman–Crippen MR) is 63.6 cm³/mol. The number of halogens is 4. The molecule has 0 bridgehead atoms. The third-order valence-corrected chi connectivity index (χ3v) is 2.30. The fourth-order valence-corrected chi connectivity index (χ4v) is 1.42. The van der Waals surface area contributed by atoms with E-state index in [4.69, 9.17) is 0 Å². The van der Waals surface area contributed by atoms with E-state index >= 15 is 0 Å². The van der Waals surface area contributed by atoms with Crippen molar-refractivity contribution >= 4 is 6.08 Å². The normalized spacial score (nSPS) is 12.3. The molecule has 0 radical (unpaired) electrons. The fourth-order valence-electron chi connectivity index (χ4n) is 1.42. The van der Waals surface area contributed by atoms with Crippen LogP contribution in [0.2, 0.25) is 0 Å². The van der Waals surface area contributed by atoms with E-state index in [9.17, 15) is 17.6 Å². The summed E-state index contributed by atoms with van der Waals surface area (Å²) in [6, 6.07) is 2.97. The zero-order valence-corrected chi connectivity index (χ0v) is 10.0. The largest absolute Gasteiger partial charge is 0.419 e. The van der Waals surface area contributed by atoms with Gasteiger partial charge in [0.2, 0.25) is 0 Å². The number of alkyl halides is 3. The fraction of sp³-hybridized carbons (Fsp3) is 0.385. The molecule has 1 rings (SSSR count). The Morgan fingerprint density at radius 1 is 1.28 bits per heavy atom. The highest BCUT2D eigenvalue weighted by molar-refractivity contribution is 5.51. The Bertz CT molecular complexity index is 410. The van der Waals surface area contributed by atoms with Crippen LogP contribution in [-0.4, -0.2) is 13.1 Å². The van der Waals surface area contributed by atoms with Crippen molar-refractivity contribution in [1.82, 2.24) is 5.32 Å². The van der Waals surface area contributed by atoms with E-state index in [0.717, 1.165) is 25.1 Å². The molecule has 1 N–H and O–H groups in total. The van der Waals surface area contributed by atoms with Gasteiger partial charge in [-0.1, -0.05) is 25.1 Å². The van der Waals surface area contributed by atoms with Gasteiger partial charge in [-0.15, -0.1) is 0 Å². The van der Waals surface area contributed by atoms with Gasteiger partial charge in [-0.05, 0) is 30.7 Å². The van der Waals surface area contributed by atoms with Gasteiger partial charge in [-0.3, -0.25) is 0 Å². The lowest BCUT2D eigenvalue weighted by molar-refractivity contribution is -0.140. The maximum absolute atomic E-state index is 13.0. The molecule has 0 spiro atoms. The summed E-state index contributed by atoms with van der Waals surface area (Å²) in [6.45, 7) is 3.44. The van der Waals surface area contributed by atoms with Crippen LogP contribution >= 0.6 is 0 Å². The first kappa shape index (κ1) is 14.7. The van der Waals surface area contributed by atoms with E-state index in [0.29, 0.717) is 12.1 Å². The number of hydrogen-bond acceptors (Lipinski definition) is 1. The van der Waals surface area contributed by atoms with E-state index in [-0.39, 0.29) is 0 Å². The van der Waals surface area contributed by atoms with Crippen molar-refractivity contribution in [3.63, 3.8) is 0 Å². The van der Waals surface area contributed by atoms with E-state index < -0.39 is 17.6 Å². The van der Waals surface area contributed by atoms with Crippen LogP contribution in [0.5, 0.6) is 0 Å². The molecule has 0 aliphatic heterocycles. The lowest BCUT2D eigenvalue weighted by Crippen LogP contribution is -2.13. The van der Waals surface area contributed by atoms with E-state index in [1.807, 2.05) is 6.92 Å². The molecule has 0 aliphatic rings. The van der Waals surface area contributed by atoms with Gasteiger partial charge in [-0.2, -0.15) is 13.2 Å². The maximum Gasteiger partial charge on any atom is 0.419 e. The molecule has 0 aromatic heterocycles. The molecule has 0 saturated heterocycles. The maximum atomic E-state index is 13.0. The molecule has 1 nitrogen and oxygen atoms in total. The molecule has 0 fully saturated rings. The molecule has 0 atom stereocenters. The summed E-state index contributed by atoms with van der Waals surface area (Å²) in [5, 5.41) is 3.08. The van der Waals surface area contributed by atoms with Gasteiger partial charge in [-0.25, -0.2) is 4.39 Å². The van der Waals surface area contributed by atoms with Crippen LogP contribution in [0, 0.1) is 5.82 Å². The first-order chi connectivity index (χ1) is 8.45. The number of rotatable bonds is 5. The zero-order chi connectivity index (χ0) is 13.6. The first-order valence-electron chi connectivity index (χ1n) is 5.69. The summed E-state index contributed by atoms with van der Waals surface area (Å²) in [7, 11) is 0. The van der Waals surface area contributed by atoms with Crippen LogP contribution in [0.4, 0.5) is 17.6 Å². The Hall–Kier alpha value is -1.36. The van der Waals surface area contributed by atoms with Crippen LogP contribution < -0.4 is 5.32 Å². The molecule has 0 amide bonds.